The highest BCUT2D eigenvalue weighted by Crippen LogP contribution is 2.35. The number of anilines is 1. The number of nitrogens with one attached hydrogen (secondary N) is 2. The molecule has 0 radical (unpaired) electrons. The van der Waals surface area contributed by atoms with E-state index in [0.29, 0.717) is 6.54 Å². The Bertz CT molecular complexity index is 913. The van der Waals surface area contributed by atoms with Crippen LogP contribution in [-0.4, -0.2) is 47.1 Å². The quantitative estimate of drug-likeness (QED) is 0.370. The smallest absolute Gasteiger partial charge is 0.415 e. The van der Waals surface area contributed by atoms with Gasteiger partial charge in [0.1, 0.15) is 5.60 Å². The van der Waals surface area contributed by atoms with Crippen LogP contribution in [0.4, 0.5) is 10.5 Å². The van der Waals surface area contributed by atoms with E-state index in [0.717, 1.165) is 55.1 Å². The number of aromatic nitrogens is 2. The summed E-state index contributed by atoms with van der Waals surface area (Å²) in [6, 6.07) is 8.36. The molecule has 0 spiro atoms. The molecule has 0 unspecified atom stereocenters. The molecule has 2 aromatic rings. The first-order valence-corrected chi connectivity index (χ1v) is 11.3. The van der Waals surface area contributed by atoms with Crippen molar-refractivity contribution in [1.29, 1.82) is 0 Å². The Morgan fingerprint density at radius 2 is 2.09 bits per heavy atom. The summed E-state index contributed by atoms with van der Waals surface area (Å²) in [4.78, 5) is 18.9. The first kappa shape index (κ1) is 23.6. The van der Waals surface area contributed by atoms with Crippen LogP contribution in [-0.2, 0) is 17.8 Å². The van der Waals surface area contributed by atoms with Gasteiger partial charge in [0.2, 0.25) is 0 Å². The molecule has 8 heteroatoms. The molecule has 1 aromatic carbocycles. The Morgan fingerprint density at radius 1 is 1.31 bits per heavy atom. The van der Waals surface area contributed by atoms with Crippen molar-refractivity contribution in [1.82, 2.24) is 20.4 Å². The summed E-state index contributed by atoms with van der Waals surface area (Å²) in [6.07, 6.45) is 6.48. The highest BCUT2D eigenvalue weighted by molar-refractivity contribution is 5.90. The second-order valence-corrected chi connectivity index (χ2v) is 9.18. The van der Waals surface area contributed by atoms with E-state index in [1.165, 1.54) is 0 Å². The third-order valence-electron chi connectivity index (χ3n) is 5.12. The van der Waals surface area contributed by atoms with Gasteiger partial charge in [-0.15, -0.1) is 0 Å². The number of amides is 1. The Hall–Kier alpha value is -3.03. The number of nitrogens with zero attached hydrogens (tertiary/aromatic N) is 4. The van der Waals surface area contributed by atoms with Gasteiger partial charge in [0.15, 0.2) is 5.96 Å². The van der Waals surface area contributed by atoms with Crippen molar-refractivity contribution < 1.29 is 9.53 Å². The first-order valence-electron chi connectivity index (χ1n) is 11.3. The lowest BCUT2D eigenvalue weighted by molar-refractivity contribution is 0.0577. The number of ether oxygens (including phenoxy) is 1. The second-order valence-electron chi connectivity index (χ2n) is 9.18. The van der Waals surface area contributed by atoms with E-state index in [1.807, 2.05) is 55.6 Å². The fourth-order valence-electron chi connectivity index (χ4n) is 3.47. The van der Waals surface area contributed by atoms with E-state index in [1.54, 1.807) is 13.2 Å². The molecule has 2 N–H and O–H groups in total. The van der Waals surface area contributed by atoms with Gasteiger partial charge in [-0.2, -0.15) is 5.10 Å². The number of aliphatic imine (C=N–C) groups is 1. The number of hydrogen-bond acceptors (Lipinski definition) is 4. The van der Waals surface area contributed by atoms with Crippen molar-refractivity contribution in [3.8, 4) is 0 Å². The summed E-state index contributed by atoms with van der Waals surface area (Å²) in [5.74, 6) is 0.764. The second kappa shape index (κ2) is 10.5. The third kappa shape index (κ3) is 7.00. The molecule has 8 nitrogen and oxygen atoms in total. The molecule has 32 heavy (non-hydrogen) atoms. The van der Waals surface area contributed by atoms with Gasteiger partial charge in [-0.3, -0.25) is 14.6 Å². The van der Waals surface area contributed by atoms with Crippen LogP contribution < -0.4 is 15.5 Å². The van der Waals surface area contributed by atoms with Gasteiger partial charge in [0.25, 0.3) is 0 Å². The lowest BCUT2D eigenvalue weighted by Crippen LogP contribution is -2.39. The molecule has 3 rings (SSSR count). The van der Waals surface area contributed by atoms with Gasteiger partial charge in [0, 0.05) is 45.1 Å². The molecule has 1 fully saturated rings. The van der Waals surface area contributed by atoms with Gasteiger partial charge in [-0.1, -0.05) is 12.1 Å². The summed E-state index contributed by atoms with van der Waals surface area (Å²) in [6.45, 7) is 10.1. The molecule has 1 heterocycles. The lowest BCUT2D eigenvalue weighted by atomic mass is 10.1. The maximum absolute atomic E-state index is 12.8. The fourth-order valence-corrected chi connectivity index (χ4v) is 3.47. The lowest BCUT2D eigenvalue weighted by Gasteiger charge is -2.28. The minimum atomic E-state index is -0.511. The molecule has 1 aliphatic carbocycles. The monoisotopic (exact) mass is 440 g/mol. The van der Waals surface area contributed by atoms with Crippen LogP contribution in [0, 0.1) is 6.92 Å². The van der Waals surface area contributed by atoms with Crippen molar-refractivity contribution in [3.63, 3.8) is 0 Å². The number of carbonyl (C=O) groups excluding carboxylic acids is 1. The first-order chi connectivity index (χ1) is 15.3. The van der Waals surface area contributed by atoms with Crippen molar-refractivity contribution in [2.45, 2.75) is 71.7 Å². The van der Waals surface area contributed by atoms with Crippen LogP contribution in [0.3, 0.4) is 0 Å². The van der Waals surface area contributed by atoms with Crippen molar-refractivity contribution in [2.24, 2.45) is 4.99 Å². The number of aryl methyl sites for hydroxylation is 2. The zero-order valence-corrected chi connectivity index (χ0v) is 19.9. The zero-order chi connectivity index (χ0) is 23.1. The van der Waals surface area contributed by atoms with Gasteiger partial charge >= 0.3 is 6.09 Å². The minimum absolute atomic E-state index is 0.234. The number of guanidine groups is 1. The summed E-state index contributed by atoms with van der Waals surface area (Å²) in [5, 5.41) is 10.9. The minimum Gasteiger partial charge on any atom is -0.443 e. The highest BCUT2D eigenvalue weighted by Gasteiger charge is 2.37. The number of benzene rings is 1. The molecule has 174 valence electrons. The topological polar surface area (TPSA) is 83.8 Å². The van der Waals surface area contributed by atoms with E-state index in [4.69, 9.17) is 4.74 Å². The van der Waals surface area contributed by atoms with E-state index in [-0.39, 0.29) is 12.1 Å². The van der Waals surface area contributed by atoms with E-state index < -0.39 is 5.60 Å². The summed E-state index contributed by atoms with van der Waals surface area (Å²) < 4.78 is 7.57. The molecular formula is C24H36N6O2. The molecule has 1 aliphatic rings. The maximum Gasteiger partial charge on any atom is 0.415 e. The summed E-state index contributed by atoms with van der Waals surface area (Å²) >= 11 is 0. The molecular weight excluding hydrogens is 404 g/mol. The molecule has 1 amide bonds. The largest absolute Gasteiger partial charge is 0.443 e. The molecule has 1 aromatic heterocycles. The van der Waals surface area contributed by atoms with Gasteiger partial charge in [-0.25, -0.2) is 4.79 Å². The molecule has 1 saturated carbocycles. The third-order valence-corrected chi connectivity index (χ3v) is 5.12. The zero-order valence-electron chi connectivity index (χ0n) is 19.9. The van der Waals surface area contributed by atoms with Crippen LogP contribution in [0.5, 0.6) is 0 Å². The van der Waals surface area contributed by atoms with Crippen molar-refractivity contribution >= 4 is 17.7 Å². The number of hydrogen-bond donors (Lipinski definition) is 2. The predicted molar refractivity (Wildman–Crippen MR) is 128 cm³/mol. The van der Waals surface area contributed by atoms with Gasteiger partial charge < -0.3 is 15.4 Å². The molecule has 0 aliphatic heterocycles. The number of rotatable bonds is 8. The maximum atomic E-state index is 12.8. The Kier molecular flexibility index (Phi) is 7.77. The molecule has 0 atom stereocenters. The van der Waals surface area contributed by atoms with Crippen molar-refractivity contribution in [3.05, 3.63) is 47.8 Å². The predicted octanol–water partition coefficient (Wildman–Crippen LogP) is 3.85. The van der Waals surface area contributed by atoms with Crippen LogP contribution in [0.2, 0.25) is 0 Å². The average molecular weight is 441 g/mol. The van der Waals surface area contributed by atoms with E-state index in [2.05, 4.69) is 32.9 Å². The standard InChI is InChI=1S/C24H36N6O2/c1-18-16-19(17-27-22(25-5)26-12-6-14-29-15-7-13-28-29)8-11-21(18)30(20-9-10-20)23(31)32-24(2,3)4/h7-8,11,13,15-16,20H,6,9-10,12,14,17H2,1-5H3,(H2,25,26,27). The van der Waals surface area contributed by atoms with Crippen molar-refractivity contribution in [2.75, 3.05) is 18.5 Å². The van der Waals surface area contributed by atoms with Gasteiger partial charge in [-0.05, 0) is 70.2 Å². The normalized spacial score (nSPS) is 14.2. The summed E-state index contributed by atoms with van der Waals surface area (Å²) in [5.41, 5.74) is 2.60. The SMILES string of the molecule is CN=C(NCCCn1cccn1)NCc1ccc(N(C(=O)OC(C)(C)C)C2CC2)c(C)c1. The van der Waals surface area contributed by atoms with E-state index >= 15 is 0 Å². The van der Waals surface area contributed by atoms with Crippen LogP contribution >= 0.6 is 0 Å². The van der Waals surface area contributed by atoms with Crippen LogP contribution in [0.25, 0.3) is 0 Å². The fraction of sp³-hybridized carbons (Fsp3) is 0.542. The highest BCUT2D eigenvalue weighted by atomic mass is 16.6. The summed E-state index contributed by atoms with van der Waals surface area (Å²) in [7, 11) is 1.77. The van der Waals surface area contributed by atoms with E-state index in [9.17, 15) is 4.79 Å². The van der Waals surface area contributed by atoms with Crippen LogP contribution in [0.15, 0.2) is 41.7 Å². The van der Waals surface area contributed by atoms with Gasteiger partial charge in [0.05, 0.1) is 5.69 Å². The molecule has 0 bridgehead atoms. The Labute approximate surface area is 191 Å². The van der Waals surface area contributed by atoms with Crippen LogP contribution in [0.1, 0.15) is 51.2 Å². The molecule has 0 saturated heterocycles. The Balaban J connectivity index is 1.54. The Morgan fingerprint density at radius 3 is 2.69 bits per heavy atom. The number of carbonyl (C=O) groups is 1. The average Bonchev–Trinajstić information content (AvgIpc) is 3.41.